The second-order valence-electron chi connectivity index (χ2n) is 3.49. The molecule has 0 radical (unpaired) electrons. The van der Waals surface area contributed by atoms with E-state index in [1.807, 2.05) is 11.8 Å². The van der Waals surface area contributed by atoms with Crippen molar-refractivity contribution in [2.75, 3.05) is 19.1 Å². The van der Waals surface area contributed by atoms with Gasteiger partial charge >= 0.3 is 0 Å². The lowest BCUT2D eigenvalue weighted by atomic mass is 10.3. The first-order valence-corrected chi connectivity index (χ1v) is 5.77. The molecule has 1 aliphatic carbocycles. The number of thioether (sulfide) groups is 1. The number of rotatable bonds is 7. The van der Waals surface area contributed by atoms with E-state index in [0.717, 1.165) is 31.4 Å². The van der Waals surface area contributed by atoms with Crippen LogP contribution in [0.15, 0.2) is 0 Å². The van der Waals surface area contributed by atoms with Gasteiger partial charge in [-0.05, 0) is 31.7 Å². The molecule has 0 aromatic carbocycles. The van der Waals surface area contributed by atoms with Gasteiger partial charge < -0.3 is 10.5 Å². The summed E-state index contributed by atoms with van der Waals surface area (Å²) in [5.41, 5.74) is 5.44. The van der Waals surface area contributed by atoms with Crippen molar-refractivity contribution in [3.63, 3.8) is 0 Å². The summed E-state index contributed by atoms with van der Waals surface area (Å²) in [7, 11) is 0. The summed E-state index contributed by atoms with van der Waals surface area (Å²) in [6.45, 7) is 3.97. The SMILES string of the molecule is CC(CCN)SCOCC1CC1. The Bertz CT molecular complexity index is 117. The Morgan fingerprint density at radius 1 is 1.58 bits per heavy atom. The second kappa shape index (κ2) is 5.84. The Kier molecular flexibility index (Phi) is 5.04. The number of ether oxygens (including phenoxy) is 1. The molecule has 1 aliphatic rings. The topological polar surface area (TPSA) is 35.2 Å². The van der Waals surface area contributed by atoms with Crippen molar-refractivity contribution in [2.45, 2.75) is 31.4 Å². The summed E-state index contributed by atoms with van der Waals surface area (Å²) in [6, 6.07) is 0. The summed E-state index contributed by atoms with van der Waals surface area (Å²) in [6.07, 6.45) is 3.85. The third kappa shape index (κ3) is 5.01. The van der Waals surface area contributed by atoms with Gasteiger partial charge in [0.1, 0.15) is 0 Å². The van der Waals surface area contributed by atoms with E-state index in [1.165, 1.54) is 12.8 Å². The van der Waals surface area contributed by atoms with Crippen molar-refractivity contribution in [1.29, 1.82) is 0 Å². The van der Waals surface area contributed by atoms with E-state index in [9.17, 15) is 0 Å². The van der Waals surface area contributed by atoms with Gasteiger partial charge in [-0.25, -0.2) is 0 Å². The summed E-state index contributed by atoms with van der Waals surface area (Å²) in [5.74, 6) is 1.73. The van der Waals surface area contributed by atoms with Crippen LogP contribution in [0.4, 0.5) is 0 Å². The molecule has 0 aromatic rings. The second-order valence-corrected chi connectivity index (χ2v) is 4.86. The first-order valence-electron chi connectivity index (χ1n) is 4.72. The predicted octanol–water partition coefficient (Wildman–Crippen LogP) is 1.84. The fraction of sp³-hybridized carbons (Fsp3) is 1.00. The summed E-state index contributed by atoms with van der Waals surface area (Å²) in [4.78, 5) is 0. The lowest BCUT2D eigenvalue weighted by Crippen LogP contribution is -2.08. The molecule has 0 aromatic heterocycles. The van der Waals surface area contributed by atoms with E-state index in [2.05, 4.69) is 6.92 Å². The molecular formula is C9H19NOS. The lowest BCUT2D eigenvalue weighted by molar-refractivity contribution is 0.170. The Hall–Kier alpha value is 0.270. The Balaban J connectivity index is 1.80. The van der Waals surface area contributed by atoms with Gasteiger partial charge in [-0.15, -0.1) is 11.8 Å². The minimum atomic E-state index is 0.647. The minimum Gasteiger partial charge on any atom is -0.371 e. The Morgan fingerprint density at radius 2 is 2.33 bits per heavy atom. The molecule has 1 unspecified atom stereocenters. The van der Waals surface area contributed by atoms with Gasteiger partial charge in [0.15, 0.2) is 0 Å². The molecule has 0 aliphatic heterocycles. The summed E-state index contributed by atoms with van der Waals surface area (Å²) in [5, 5.41) is 0.647. The average Bonchev–Trinajstić information content (AvgIpc) is 2.82. The first kappa shape index (κ1) is 10.4. The number of hydrogen-bond acceptors (Lipinski definition) is 3. The summed E-state index contributed by atoms with van der Waals surface area (Å²) < 4.78 is 5.50. The molecule has 0 saturated heterocycles. The van der Waals surface area contributed by atoms with Crippen molar-refractivity contribution in [1.82, 2.24) is 0 Å². The van der Waals surface area contributed by atoms with E-state index in [0.29, 0.717) is 5.25 Å². The van der Waals surface area contributed by atoms with Gasteiger partial charge in [-0.3, -0.25) is 0 Å². The monoisotopic (exact) mass is 189 g/mol. The van der Waals surface area contributed by atoms with Crippen molar-refractivity contribution < 1.29 is 4.74 Å². The third-order valence-corrected chi connectivity index (χ3v) is 3.17. The molecule has 72 valence electrons. The first-order chi connectivity index (χ1) is 5.83. The van der Waals surface area contributed by atoms with E-state index in [1.54, 1.807) is 0 Å². The van der Waals surface area contributed by atoms with Crippen LogP contribution in [-0.2, 0) is 4.74 Å². The van der Waals surface area contributed by atoms with Gasteiger partial charge in [0.25, 0.3) is 0 Å². The molecule has 2 nitrogen and oxygen atoms in total. The molecule has 1 rings (SSSR count). The van der Waals surface area contributed by atoms with Crippen LogP contribution in [0.25, 0.3) is 0 Å². The van der Waals surface area contributed by atoms with Crippen LogP contribution in [0.5, 0.6) is 0 Å². The number of nitrogens with two attached hydrogens (primary N) is 1. The smallest absolute Gasteiger partial charge is 0.0923 e. The molecule has 3 heteroatoms. The maximum atomic E-state index is 5.50. The molecule has 0 bridgehead atoms. The normalized spacial score (nSPS) is 19.5. The van der Waals surface area contributed by atoms with Crippen molar-refractivity contribution in [2.24, 2.45) is 11.7 Å². The maximum Gasteiger partial charge on any atom is 0.0923 e. The molecule has 0 heterocycles. The van der Waals surface area contributed by atoms with Gasteiger partial charge in [-0.2, -0.15) is 0 Å². The van der Waals surface area contributed by atoms with Crippen LogP contribution in [0, 0.1) is 5.92 Å². The van der Waals surface area contributed by atoms with Gasteiger partial charge in [0, 0.05) is 5.25 Å². The highest BCUT2D eigenvalue weighted by Gasteiger charge is 2.20. The summed E-state index contributed by atoms with van der Waals surface area (Å²) >= 11 is 1.87. The van der Waals surface area contributed by atoms with E-state index in [4.69, 9.17) is 10.5 Å². The van der Waals surface area contributed by atoms with Crippen molar-refractivity contribution >= 4 is 11.8 Å². The van der Waals surface area contributed by atoms with Gasteiger partial charge in [0.05, 0.1) is 12.5 Å². The maximum absolute atomic E-state index is 5.50. The Morgan fingerprint density at radius 3 is 2.92 bits per heavy atom. The lowest BCUT2D eigenvalue weighted by Gasteiger charge is -2.09. The van der Waals surface area contributed by atoms with Crippen LogP contribution < -0.4 is 5.73 Å². The van der Waals surface area contributed by atoms with Gasteiger partial charge in [0.2, 0.25) is 0 Å². The standard InChI is InChI=1S/C9H19NOS/c1-8(4-5-10)12-7-11-6-9-2-3-9/h8-9H,2-7,10H2,1H3. The van der Waals surface area contributed by atoms with Crippen LogP contribution in [-0.4, -0.2) is 24.3 Å². The van der Waals surface area contributed by atoms with Crippen molar-refractivity contribution in [3.8, 4) is 0 Å². The Labute approximate surface area is 79.2 Å². The van der Waals surface area contributed by atoms with E-state index in [-0.39, 0.29) is 0 Å². The molecule has 0 spiro atoms. The van der Waals surface area contributed by atoms with Crippen molar-refractivity contribution in [3.05, 3.63) is 0 Å². The molecule has 0 amide bonds. The van der Waals surface area contributed by atoms with Crippen LogP contribution in [0.3, 0.4) is 0 Å². The molecule has 1 atom stereocenters. The quantitative estimate of drug-likeness (QED) is 0.490. The zero-order chi connectivity index (χ0) is 8.81. The third-order valence-electron chi connectivity index (χ3n) is 2.06. The largest absolute Gasteiger partial charge is 0.371 e. The van der Waals surface area contributed by atoms with E-state index >= 15 is 0 Å². The molecule has 2 N–H and O–H groups in total. The zero-order valence-corrected chi connectivity index (χ0v) is 8.61. The molecule has 1 saturated carbocycles. The minimum absolute atomic E-state index is 0.647. The van der Waals surface area contributed by atoms with Gasteiger partial charge in [-0.1, -0.05) is 6.92 Å². The highest BCUT2D eigenvalue weighted by atomic mass is 32.2. The average molecular weight is 189 g/mol. The zero-order valence-electron chi connectivity index (χ0n) is 7.79. The highest BCUT2D eigenvalue weighted by molar-refractivity contribution is 7.99. The van der Waals surface area contributed by atoms with Crippen LogP contribution in [0.2, 0.25) is 0 Å². The molecular weight excluding hydrogens is 170 g/mol. The predicted molar refractivity (Wildman–Crippen MR) is 54.3 cm³/mol. The fourth-order valence-corrected chi connectivity index (χ4v) is 1.71. The van der Waals surface area contributed by atoms with Crippen LogP contribution >= 0.6 is 11.8 Å². The van der Waals surface area contributed by atoms with Crippen LogP contribution in [0.1, 0.15) is 26.2 Å². The number of hydrogen-bond donors (Lipinski definition) is 1. The highest BCUT2D eigenvalue weighted by Crippen LogP contribution is 2.29. The molecule has 1 fully saturated rings. The van der Waals surface area contributed by atoms with E-state index < -0.39 is 0 Å². The molecule has 12 heavy (non-hydrogen) atoms. The fourth-order valence-electron chi connectivity index (χ4n) is 0.982.